The smallest absolute Gasteiger partial charge is 0.266 e. The van der Waals surface area contributed by atoms with Crippen LogP contribution in [0.1, 0.15) is 37.3 Å². The standard InChI is InChI=1S/C30H29BrFN3O2S/c1-2-35-29(36)28(38-30(35)33-24-10-12-25(13-11-24)34-15-4-3-5-16-34)19-21-9-14-27(26(31)18-21)37-20-22-7-6-8-23(32)17-22/h6-14,17-19H,2-5,15-16,20H2,1H3/b28-19-,33-30?. The zero-order valence-corrected chi connectivity index (χ0v) is 23.6. The van der Waals surface area contributed by atoms with E-state index < -0.39 is 0 Å². The zero-order valence-electron chi connectivity index (χ0n) is 21.2. The molecule has 196 valence electrons. The Hall–Kier alpha value is -3.10. The molecule has 38 heavy (non-hydrogen) atoms. The minimum atomic E-state index is -0.288. The van der Waals surface area contributed by atoms with Gasteiger partial charge in [0.2, 0.25) is 0 Å². The Morgan fingerprint density at radius 3 is 2.55 bits per heavy atom. The number of rotatable bonds is 7. The summed E-state index contributed by atoms with van der Waals surface area (Å²) in [6.07, 6.45) is 5.66. The van der Waals surface area contributed by atoms with Gasteiger partial charge in [-0.3, -0.25) is 9.69 Å². The molecule has 0 atom stereocenters. The molecule has 3 aromatic carbocycles. The van der Waals surface area contributed by atoms with E-state index in [0.717, 1.165) is 34.4 Å². The van der Waals surface area contributed by atoms with Gasteiger partial charge in [-0.1, -0.05) is 18.2 Å². The average molecular weight is 595 g/mol. The van der Waals surface area contributed by atoms with Crippen LogP contribution < -0.4 is 9.64 Å². The maximum absolute atomic E-state index is 13.4. The number of carbonyl (C=O) groups excluding carboxylic acids is 1. The molecule has 2 aliphatic heterocycles. The fourth-order valence-corrected chi connectivity index (χ4v) is 6.11. The first-order valence-corrected chi connectivity index (χ1v) is 14.4. The normalized spacial score (nSPS) is 18.0. The average Bonchev–Trinajstić information content (AvgIpc) is 3.22. The summed E-state index contributed by atoms with van der Waals surface area (Å²) in [5, 5.41) is 0.684. The van der Waals surface area contributed by atoms with E-state index in [2.05, 4.69) is 33.0 Å². The van der Waals surface area contributed by atoms with Gasteiger partial charge < -0.3 is 9.64 Å². The topological polar surface area (TPSA) is 45.1 Å². The van der Waals surface area contributed by atoms with E-state index in [1.807, 2.05) is 49.4 Å². The van der Waals surface area contributed by atoms with E-state index in [4.69, 9.17) is 9.73 Å². The monoisotopic (exact) mass is 593 g/mol. The molecule has 0 aromatic heterocycles. The van der Waals surface area contributed by atoms with Crippen molar-refractivity contribution >= 4 is 56.2 Å². The molecule has 0 spiro atoms. The molecule has 1 amide bonds. The summed E-state index contributed by atoms with van der Waals surface area (Å²) in [5.41, 5.74) is 3.69. The molecule has 2 saturated heterocycles. The highest BCUT2D eigenvalue weighted by atomic mass is 79.9. The number of carbonyl (C=O) groups is 1. The Labute approximate surface area is 235 Å². The molecule has 3 aromatic rings. The van der Waals surface area contributed by atoms with Gasteiger partial charge in [0.15, 0.2) is 5.17 Å². The second-order valence-electron chi connectivity index (χ2n) is 9.23. The Kier molecular flexibility index (Phi) is 8.49. The molecule has 0 saturated carbocycles. The third kappa shape index (κ3) is 6.30. The van der Waals surface area contributed by atoms with E-state index in [9.17, 15) is 9.18 Å². The van der Waals surface area contributed by atoms with E-state index in [1.165, 1.54) is 48.8 Å². The quantitative estimate of drug-likeness (QED) is 0.262. The lowest BCUT2D eigenvalue weighted by atomic mass is 10.1. The Morgan fingerprint density at radius 1 is 1.05 bits per heavy atom. The molecule has 0 radical (unpaired) electrons. The van der Waals surface area contributed by atoms with Crippen LogP contribution in [-0.2, 0) is 11.4 Å². The van der Waals surface area contributed by atoms with Crippen LogP contribution in [0, 0.1) is 5.82 Å². The van der Waals surface area contributed by atoms with E-state index >= 15 is 0 Å². The first-order valence-electron chi connectivity index (χ1n) is 12.8. The third-order valence-electron chi connectivity index (χ3n) is 6.54. The first-order chi connectivity index (χ1) is 18.5. The number of hydrogen-bond donors (Lipinski definition) is 0. The van der Waals surface area contributed by atoms with Crippen molar-refractivity contribution in [3.05, 3.63) is 93.1 Å². The third-order valence-corrected chi connectivity index (χ3v) is 8.16. The van der Waals surface area contributed by atoms with Crippen LogP contribution in [0.4, 0.5) is 15.8 Å². The maximum Gasteiger partial charge on any atom is 0.266 e. The van der Waals surface area contributed by atoms with Gasteiger partial charge in [0, 0.05) is 25.3 Å². The highest BCUT2D eigenvalue weighted by molar-refractivity contribution is 9.10. The van der Waals surface area contributed by atoms with Crippen molar-refractivity contribution in [1.29, 1.82) is 0 Å². The molecule has 0 N–H and O–H groups in total. The van der Waals surface area contributed by atoms with Crippen LogP contribution in [0.2, 0.25) is 0 Å². The van der Waals surface area contributed by atoms with E-state index in [1.54, 1.807) is 11.0 Å². The molecule has 0 unspecified atom stereocenters. The number of likely N-dealkylation sites (N-methyl/N-ethyl adjacent to an activating group) is 1. The number of thioether (sulfide) groups is 1. The molecule has 0 aliphatic carbocycles. The molecule has 5 rings (SSSR count). The van der Waals surface area contributed by atoms with Gasteiger partial charge in [-0.05, 0) is 120 Å². The summed E-state index contributed by atoms with van der Waals surface area (Å²) < 4.78 is 20.0. The van der Waals surface area contributed by atoms with Gasteiger partial charge in [0.25, 0.3) is 5.91 Å². The second-order valence-corrected chi connectivity index (χ2v) is 11.1. The van der Waals surface area contributed by atoms with Crippen molar-refractivity contribution in [1.82, 2.24) is 4.90 Å². The van der Waals surface area contributed by atoms with Crippen molar-refractivity contribution in [2.24, 2.45) is 4.99 Å². The van der Waals surface area contributed by atoms with Crippen molar-refractivity contribution in [2.45, 2.75) is 32.8 Å². The maximum atomic E-state index is 13.4. The van der Waals surface area contributed by atoms with E-state index in [-0.39, 0.29) is 18.3 Å². The predicted molar refractivity (Wildman–Crippen MR) is 157 cm³/mol. The van der Waals surface area contributed by atoms with Gasteiger partial charge >= 0.3 is 0 Å². The summed E-state index contributed by atoms with van der Waals surface area (Å²) in [5.74, 6) is 0.306. The largest absolute Gasteiger partial charge is 0.488 e. The number of amides is 1. The Bertz CT molecular complexity index is 1370. The molecule has 2 aliphatic rings. The van der Waals surface area contributed by atoms with Crippen molar-refractivity contribution < 1.29 is 13.9 Å². The molecule has 5 nitrogen and oxygen atoms in total. The van der Waals surface area contributed by atoms with Crippen molar-refractivity contribution in [3.8, 4) is 5.75 Å². The summed E-state index contributed by atoms with van der Waals surface area (Å²) >= 11 is 4.95. The number of aliphatic imine (C=N–C) groups is 1. The zero-order chi connectivity index (χ0) is 26.5. The molecular formula is C30H29BrFN3O2S. The molecule has 0 bridgehead atoms. The number of amidine groups is 1. The Morgan fingerprint density at radius 2 is 1.84 bits per heavy atom. The lowest BCUT2D eigenvalue weighted by Crippen LogP contribution is -2.29. The van der Waals surface area contributed by atoms with Gasteiger partial charge in [-0.2, -0.15) is 0 Å². The van der Waals surface area contributed by atoms with Crippen molar-refractivity contribution in [2.75, 3.05) is 24.5 Å². The number of ether oxygens (including phenoxy) is 1. The lowest BCUT2D eigenvalue weighted by Gasteiger charge is -2.28. The van der Waals surface area contributed by atoms with Crippen molar-refractivity contribution in [3.63, 3.8) is 0 Å². The molecular weight excluding hydrogens is 565 g/mol. The molecule has 2 fully saturated rings. The van der Waals surface area contributed by atoms with Gasteiger partial charge in [-0.15, -0.1) is 0 Å². The number of halogens is 2. The number of benzene rings is 3. The second kappa shape index (κ2) is 12.2. The molecule has 8 heteroatoms. The Balaban J connectivity index is 1.29. The minimum Gasteiger partial charge on any atom is -0.488 e. The van der Waals surface area contributed by atoms with Crippen LogP contribution in [-0.4, -0.2) is 35.6 Å². The lowest BCUT2D eigenvalue weighted by molar-refractivity contribution is -0.122. The summed E-state index contributed by atoms with van der Waals surface area (Å²) in [7, 11) is 0. The molecule has 2 heterocycles. The van der Waals surface area contributed by atoms with Gasteiger partial charge in [-0.25, -0.2) is 9.38 Å². The van der Waals surface area contributed by atoms with E-state index in [0.29, 0.717) is 22.4 Å². The highest BCUT2D eigenvalue weighted by Crippen LogP contribution is 2.36. The van der Waals surface area contributed by atoms with Gasteiger partial charge in [0.05, 0.1) is 15.1 Å². The van der Waals surface area contributed by atoms with Crippen LogP contribution in [0.25, 0.3) is 6.08 Å². The number of hydrogen-bond acceptors (Lipinski definition) is 5. The minimum absolute atomic E-state index is 0.0521. The summed E-state index contributed by atoms with van der Waals surface area (Å²) in [6, 6.07) is 20.3. The number of piperidine rings is 1. The van der Waals surface area contributed by atoms with Crippen LogP contribution >= 0.6 is 27.7 Å². The fourth-order valence-electron chi connectivity index (χ4n) is 4.53. The number of anilines is 1. The van der Waals surface area contributed by atoms with Crippen LogP contribution in [0.5, 0.6) is 5.75 Å². The van der Waals surface area contributed by atoms with Crippen LogP contribution in [0.15, 0.2) is 81.1 Å². The van der Waals surface area contributed by atoms with Gasteiger partial charge in [0.1, 0.15) is 18.2 Å². The summed E-state index contributed by atoms with van der Waals surface area (Å²) in [4.78, 5) is 22.7. The SMILES string of the molecule is CCN1C(=O)/C(=C/c2ccc(OCc3cccc(F)c3)c(Br)c2)SC1=Nc1ccc(N2CCCCC2)cc1. The first kappa shape index (κ1) is 26.5. The summed E-state index contributed by atoms with van der Waals surface area (Å²) in [6.45, 7) is 4.97. The predicted octanol–water partition coefficient (Wildman–Crippen LogP) is 7.78. The van der Waals surface area contributed by atoms with Crippen LogP contribution in [0.3, 0.4) is 0 Å². The fraction of sp³-hybridized carbons (Fsp3) is 0.267. The number of nitrogens with zero attached hydrogens (tertiary/aromatic N) is 3. The highest BCUT2D eigenvalue weighted by Gasteiger charge is 2.32.